The largest absolute Gasteiger partial charge is 0.478 e. The first-order valence-electron chi connectivity index (χ1n) is 7.80. The quantitative estimate of drug-likeness (QED) is 0.870. The third-order valence-corrected chi connectivity index (χ3v) is 4.89. The summed E-state index contributed by atoms with van der Waals surface area (Å²) >= 11 is 0. The van der Waals surface area contributed by atoms with Gasteiger partial charge in [0.15, 0.2) is 0 Å². The molecule has 22 heavy (non-hydrogen) atoms. The molecule has 1 saturated carbocycles. The van der Waals surface area contributed by atoms with Crippen molar-refractivity contribution < 1.29 is 14.7 Å². The van der Waals surface area contributed by atoms with Crippen molar-refractivity contribution in [2.45, 2.75) is 25.8 Å². The number of hydrogen-bond donors (Lipinski definition) is 1. The van der Waals surface area contributed by atoms with Crippen molar-refractivity contribution in [1.29, 1.82) is 0 Å². The number of fused-ring (bicyclic) bond motifs is 2. The summed E-state index contributed by atoms with van der Waals surface area (Å²) in [5, 5.41) is 8.91. The number of carboxylic acid groups (broad SMARTS) is 1. The predicted octanol–water partition coefficient (Wildman–Crippen LogP) is 2.95. The second-order valence-corrected chi connectivity index (χ2v) is 6.42. The van der Waals surface area contributed by atoms with E-state index in [1.165, 1.54) is 6.42 Å². The highest BCUT2D eigenvalue weighted by Gasteiger charge is 2.37. The number of benzene rings is 1. The Kier molecular flexibility index (Phi) is 4.01. The van der Waals surface area contributed by atoms with Crippen LogP contribution in [-0.4, -0.2) is 28.9 Å². The van der Waals surface area contributed by atoms with Crippen molar-refractivity contribution in [1.82, 2.24) is 4.90 Å². The van der Waals surface area contributed by atoms with Crippen LogP contribution in [0.15, 0.2) is 36.4 Å². The van der Waals surface area contributed by atoms with Crippen molar-refractivity contribution in [3.05, 3.63) is 47.5 Å². The summed E-state index contributed by atoms with van der Waals surface area (Å²) in [4.78, 5) is 25.3. The molecule has 1 fully saturated rings. The van der Waals surface area contributed by atoms with Gasteiger partial charge in [-0.1, -0.05) is 24.3 Å². The van der Waals surface area contributed by atoms with Gasteiger partial charge in [0.05, 0.1) is 5.56 Å². The molecule has 2 bridgehead atoms. The van der Waals surface area contributed by atoms with Gasteiger partial charge in [-0.25, -0.2) is 4.79 Å². The molecular weight excluding hydrogens is 278 g/mol. The molecule has 0 aromatic heterocycles. The Labute approximate surface area is 130 Å². The number of allylic oxidation sites excluding steroid dienone is 2. The Morgan fingerprint density at radius 1 is 1.18 bits per heavy atom. The molecule has 3 atom stereocenters. The monoisotopic (exact) mass is 299 g/mol. The zero-order valence-corrected chi connectivity index (χ0v) is 12.7. The van der Waals surface area contributed by atoms with E-state index in [0.717, 1.165) is 18.4 Å². The van der Waals surface area contributed by atoms with Gasteiger partial charge >= 0.3 is 5.97 Å². The Morgan fingerprint density at radius 2 is 1.91 bits per heavy atom. The molecule has 1 N–H and O–H groups in total. The standard InChI is InChI=1S/C18H21NO3/c1-19(11-13-4-8-15(9-5-13)18(21)22)17(20)16-10-12-2-6-14(16)7-3-12/h2,4-6,8-9,12,14,16H,3,7,10-11H2,1H3,(H,21,22)/t12-,14+,16-/m1/s1. The molecule has 1 aromatic carbocycles. The molecule has 0 unspecified atom stereocenters. The Bertz CT molecular complexity index is 605. The number of nitrogens with zero attached hydrogens (tertiary/aromatic N) is 1. The average Bonchev–Trinajstić information content (AvgIpc) is 2.55. The number of aromatic carboxylic acids is 1. The van der Waals surface area contributed by atoms with Gasteiger partial charge in [0.2, 0.25) is 5.91 Å². The summed E-state index contributed by atoms with van der Waals surface area (Å²) in [6.07, 6.45) is 7.80. The van der Waals surface area contributed by atoms with E-state index in [2.05, 4.69) is 12.2 Å². The molecule has 3 aliphatic carbocycles. The second-order valence-electron chi connectivity index (χ2n) is 6.42. The minimum absolute atomic E-state index is 0.118. The van der Waals surface area contributed by atoms with E-state index in [-0.39, 0.29) is 17.4 Å². The predicted molar refractivity (Wildman–Crippen MR) is 83.3 cm³/mol. The first kappa shape index (κ1) is 14.8. The fraction of sp³-hybridized carbons (Fsp3) is 0.444. The molecule has 1 amide bonds. The number of hydrogen-bond acceptors (Lipinski definition) is 2. The normalized spacial score (nSPS) is 26.0. The van der Waals surface area contributed by atoms with Gasteiger partial charge in [0, 0.05) is 19.5 Å². The van der Waals surface area contributed by atoms with E-state index in [4.69, 9.17) is 5.11 Å². The van der Waals surface area contributed by atoms with Crippen molar-refractivity contribution in [2.75, 3.05) is 7.05 Å². The van der Waals surface area contributed by atoms with Crippen molar-refractivity contribution in [3.8, 4) is 0 Å². The summed E-state index contributed by atoms with van der Waals surface area (Å²) in [7, 11) is 1.83. The minimum Gasteiger partial charge on any atom is -0.478 e. The molecule has 3 aliphatic rings. The van der Waals surface area contributed by atoms with E-state index in [9.17, 15) is 9.59 Å². The third-order valence-electron chi connectivity index (χ3n) is 4.89. The zero-order valence-electron chi connectivity index (χ0n) is 12.7. The van der Waals surface area contributed by atoms with Crippen LogP contribution in [0.5, 0.6) is 0 Å². The highest BCUT2D eigenvalue weighted by atomic mass is 16.4. The van der Waals surface area contributed by atoms with E-state index >= 15 is 0 Å². The zero-order chi connectivity index (χ0) is 15.7. The lowest BCUT2D eigenvalue weighted by Gasteiger charge is -2.38. The van der Waals surface area contributed by atoms with Gasteiger partial charge in [0.25, 0.3) is 0 Å². The molecule has 116 valence electrons. The van der Waals surface area contributed by atoms with Gasteiger partial charge in [-0.15, -0.1) is 0 Å². The van der Waals surface area contributed by atoms with Crippen LogP contribution in [0.2, 0.25) is 0 Å². The number of amides is 1. The van der Waals surface area contributed by atoms with Crippen LogP contribution in [-0.2, 0) is 11.3 Å². The summed E-state index contributed by atoms with van der Waals surface area (Å²) in [5.74, 6) is 0.367. The smallest absolute Gasteiger partial charge is 0.335 e. The lowest BCUT2D eigenvalue weighted by Crippen LogP contribution is -2.40. The van der Waals surface area contributed by atoms with E-state index in [1.54, 1.807) is 29.2 Å². The number of carboxylic acids is 1. The van der Waals surface area contributed by atoms with Crippen molar-refractivity contribution in [3.63, 3.8) is 0 Å². The van der Waals surface area contributed by atoms with Gasteiger partial charge in [-0.2, -0.15) is 0 Å². The summed E-state index contributed by atoms with van der Waals surface area (Å²) in [6, 6.07) is 6.73. The molecule has 0 saturated heterocycles. The van der Waals surface area contributed by atoms with Gasteiger partial charge in [-0.05, 0) is 48.8 Å². The van der Waals surface area contributed by atoms with Crippen molar-refractivity contribution in [2.24, 2.45) is 17.8 Å². The summed E-state index contributed by atoms with van der Waals surface area (Å²) in [6.45, 7) is 0.524. The molecule has 4 rings (SSSR count). The van der Waals surface area contributed by atoms with E-state index in [0.29, 0.717) is 18.4 Å². The molecule has 0 heterocycles. The fourth-order valence-electron chi connectivity index (χ4n) is 3.60. The van der Waals surface area contributed by atoms with Crippen LogP contribution in [0.1, 0.15) is 35.2 Å². The topological polar surface area (TPSA) is 57.6 Å². The lowest BCUT2D eigenvalue weighted by molar-refractivity contribution is -0.137. The molecular formula is C18H21NO3. The Morgan fingerprint density at radius 3 is 2.41 bits per heavy atom. The molecule has 4 nitrogen and oxygen atoms in total. The van der Waals surface area contributed by atoms with Crippen LogP contribution in [0, 0.1) is 17.8 Å². The average molecular weight is 299 g/mol. The maximum Gasteiger partial charge on any atom is 0.335 e. The maximum absolute atomic E-state index is 12.7. The second kappa shape index (κ2) is 5.95. The molecule has 1 aromatic rings. The SMILES string of the molecule is CN(Cc1ccc(C(=O)O)cc1)C(=O)[C@@H]1C[C@@H]2C=C[C@H]1CC2. The first-order valence-corrected chi connectivity index (χ1v) is 7.80. The van der Waals surface area contributed by atoms with Crippen LogP contribution in [0.3, 0.4) is 0 Å². The van der Waals surface area contributed by atoms with Gasteiger partial charge in [-0.3, -0.25) is 4.79 Å². The van der Waals surface area contributed by atoms with Crippen molar-refractivity contribution >= 4 is 11.9 Å². The Hall–Kier alpha value is -2.10. The van der Waals surface area contributed by atoms with E-state index < -0.39 is 5.97 Å². The highest BCUT2D eigenvalue weighted by Crippen LogP contribution is 2.41. The summed E-state index contributed by atoms with van der Waals surface area (Å²) in [5.41, 5.74) is 1.23. The molecule has 0 radical (unpaired) electrons. The number of carbonyl (C=O) groups is 2. The first-order chi connectivity index (χ1) is 10.5. The fourth-order valence-corrected chi connectivity index (χ4v) is 3.60. The van der Waals surface area contributed by atoms with Crippen LogP contribution >= 0.6 is 0 Å². The van der Waals surface area contributed by atoms with E-state index in [1.807, 2.05) is 7.05 Å². The Balaban J connectivity index is 1.64. The van der Waals surface area contributed by atoms with Crippen LogP contribution < -0.4 is 0 Å². The highest BCUT2D eigenvalue weighted by molar-refractivity contribution is 5.87. The van der Waals surface area contributed by atoms with Gasteiger partial charge < -0.3 is 10.0 Å². The lowest BCUT2D eigenvalue weighted by atomic mass is 9.68. The van der Waals surface area contributed by atoms with Gasteiger partial charge in [0.1, 0.15) is 0 Å². The van der Waals surface area contributed by atoms with Crippen LogP contribution in [0.25, 0.3) is 0 Å². The summed E-state index contributed by atoms with van der Waals surface area (Å²) < 4.78 is 0. The van der Waals surface area contributed by atoms with Crippen LogP contribution in [0.4, 0.5) is 0 Å². The molecule has 0 aliphatic heterocycles. The number of carbonyl (C=O) groups excluding carboxylic acids is 1. The maximum atomic E-state index is 12.7. The molecule has 0 spiro atoms. The minimum atomic E-state index is -0.930. The third kappa shape index (κ3) is 2.91. The number of rotatable bonds is 4. The molecule has 4 heteroatoms.